The van der Waals surface area contributed by atoms with Crippen molar-refractivity contribution in [1.29, 1.82) is 0 Å². The molecule has 1 fully saturated rings. The Kier molecular flexibility index (Phi) is 19.7. The predicted octanol–water partition coefficient (Wildman–Crippen LogP) is 3.57. The minimum Gasteiger partial charge on any atom is -0.499 e. The zero-order valence-electron chi connectivity index (χ0n) is 21.8. The van der Waals surface area contributed by atoms with E-state index in [0.717, 1.165) is 12.8 Å². The van der Waals surface area contributed by atoms with Crippen LogP contribution in [-0.2, 0) is 14.2 Å². The number of aliphatic hydroxyl groups is 5. The summed E-state index contributed by atoms with van der Waals surface area (Å²) in [6.45, 7) is 1.57. The van der Waals surface area contributed by atoms with Crippen LogP contribution >= 0.6 is 0 Å². The van der Waals surface area contributed by atoms with Crippen LogP contribution in [0.15, 0.2) is 12.3 Å². The summed E-state index contributed by atoms with van der Waals surface area (Å²) in [7, 11) is 0. The van der Waals surface area contributed by atoms with Gasteiger partial charge >= 0.3 is 0 Å². The molecule has 35 heavy (non-hydrogen) atoms. The number of hydrogen-bond donors (Lipinski definition) is 5. The van der Waals surface area contributed by atoms with Crippen molar-refractivity contribution >= 4 is 0 Å². The van der Waals surface area contributed by atoms with Crippen LogP contribution in [0.2, 0.25) is 0 Å². The molecule has 1 heterocycles. The molecule has 0 aliphatic carbocycles. The Balaban J connectivity index is 1.91. The maximum atomic E-state index is 9.96. The highest BCUT2D eigenvalue weighted by Crippen LogP contribution is 2.22. The Labute approximate surface area is 212 Å². The lowest BCUT2D eigenvalue weighted by molar-refractivity contribution is -0.304. The molecule has 1 saturated heterocycles. The molecule has 1 rings (SSSR count). The van der Waals surface area contributed by atoms with E-state index in [1.807, 2.05) is 6.08 Å². The van der Waals surface area contributed by atoms with E-state index in [9.17, 15) is 25.5 Å². The molecule has 5 N–H and O–H groups in total. The molecule has 0 saturated carbocycles. The van der Waals surface area contributed by atoms with Crippen LogP contribution in [0.25, 0.3) is 0 Å². The molecule has 8 heteroatoms. The Morgan fingerprint density at radius 1 is 0.743 bits per heavy atom. The lowest BCUT2D eigenvalue weighted by Crippen LogP contribution is -2.59. The normalized spacial score (nSPS) is 25.8. The van der Waals surface area contributed by atoms with Gasteiger partial charge in [0, 0.05) is 0 Å². The van der Waals surface area contributed by atoms with E-state index in [0.29, 0.717) is 0 Å². The van der Waals surface area contributed by atoms with Crippen LogP contribution in [0.3, 0.4) is 0 Å². The Bertz CT molecular complexity index is 502. The van der Waals surface area contributed by atoms with Crippen molar-refractivity contribution in [1.82, 2.24) is 0 Å². The summed E-state index contributed by atoms with van der Waals surface area (Å²) in [4.78, 5) is 0. The fraction of sp³-hybridized carbons (Fsp3) is 0.926. The molecule has 0 amide bonds. The van der Waals surface area contributed by atoms with Gasteiger partial charge in [0.15, 0.2) is 6.29 Å². The van der Waals surface area contributed by atoms with Gasteiger partial charge in [0.25, 0.3) is 0 Å². The summed E-state index contributed by atoms with van der Waals surface area (Å²) >= 11 is 0. The van der Waals surface area contributed by atoms with Crippen LogP contribution in [0.1, 0.15) is 103 Å². The third kappa shape index (κ3) is 15.2. The van der Waals surface area contributed by atoms with Gasteiger partial charge < -0.3 is 39.7 Å². The van der Waals surface area contributed by atoms with Crippen LogP contribution in [0, 0.1) is 0 Å². The number of aliphatic hydroxyl groups excluding tert-OH is 5. The largest absolute Gasteiger partial charge is 0.499 e. The van der Waals surface area contributed by atoms with E-state index >= 15 is 0 Å². The second kappa shape index (κ2) is 21.4. The van der Waals surface area contributed by atoms with Crippen LogP contribution < -0.4 is 0 Å². The van der Waals surface area contributed by atoms with Gasteiger partial charge in [-0.15, -0.1) is 0 Å². The fourth-order valence-corrected chi connectivity index (χ4v) is 4.22. The molecule has 1 aliphatic heterocycles. The zero-order chi connectivity index (χ0) is 25.7. The molecular formula is C27H52O8. The maximum absolute atomic E-state index is 9.96. The molecule has 8 nitrogen and oxygen atoms in total. The lowest BCUT2D eigenvalue weighted by atomic mass is 9.99. The third-order valence-electron chi connectivity index (χ3n) is 6.51. The van der Waals surface area contributed by atoms with Gasteiger partial charge in [-0.25, -0.2) is 0 Å². The molecule has 0 aromatic rings. The average molecular weight is 505 g/mol. The Morgan fingerprint density at radius 2 is 1.29 bits per heavy atom. The highest BCUT2D eigenvalue weighted by molar-refractivity contribution is 4.89. The highest BCUT2D eigenvalue weighted by atomic mass is 16.7. The van der Waals surface area contributed by atoms with Crippen molar-refractivity contribution in [3.8, 4) is 0 Å². The summed E-state index contributed by atoms with van der Waals surface area (Å²) in [5, 5.41) is 48.5. The van der Waals surface area contributed by atoms with E-state index in [-0.39, 0.29) is 13.2 Å². The van der Waals surface area contributed by atoms with E-state index in [2.05, 4.69) is 6.92 Å². The number of rotatable bonds is 22. The van der Waals surface area contributed by atoms with Gasteiger partial charge in [-0.2, -0.15) is 0 Å². The summed E-state index contributed by atoms with van der Waals surface area (Å²) in [6, 6.07) is 0. The molecule has 0 bridgehead atoms. The van der Waals surface area contributed by atoms with Crippen LogP contribution in [0.4, 0.5) is 0 Å². The molecule has 6 atom stereocenters. The molecule has 0 aromatic heterocycles. The van der Waals surface area contributed by atoms with Crippen molar-refractivity contribution < 1.29 is 39.7 Å². The van der Waals surface area contributed by atoms with E-state index in [4.69, 9.17) is 14.2 Å². The minimum atomic E-state index is -1.50. The van der Waals surface area contributed by atoms with Gasteiger partial charge in [0.05, 0.1) is 19.5 Å². The molecule has 1 aliphatic rings. The smallest absolute Gasteiger partial charge is 0.186 e. The molecule has 208 valence electrons. The first-order valence-corrected chi connectivity index (χ1v) is 13.9. The molecular weight excluding hydrogens is 452 g/mol. The van der Waals surface area contributed by atoms with Crippen molar-refractivity contribution in [2.75, 3.05) is 19.8 Å². The highest BCUT2D eigenvalue weighted by Gasteiger charge is 2.44. The number of unbranched alkanes of at least 4 members (excludes halogenated alkanes) is 14. The monoisotopic (exact) mass is 504 g/mol. The predicted molar refractivity (Wildman–Crippen MR) is 136 cm³/mol. The van der Waals surface area contributed by atoms with E-state index in [1.54, 1.807) is 6.26 Å². The fourth-order valence-electron chi connectivity index (χ4n) is 4.22. The van der Waals surface area contributed by atoms with Crippen molar-refractivity contribution in [2.24, 2.45) is 0 Å². The third-order valence-corrected chi connectivity index (χ3v) is 6.51. The molecule has 0 aromatic carbocycles. The van der Waals surface area contributed by atoms with E-state index < -0.39 is 43.4 Å². The lowest BCUT2D eigenvalue weighted by Gasteiger charge is -2.39. The van der Waals surface area contributed by atoms with Gasteiger partial charge in [-0.3, -0.25) is 0 Å². The second-order valence-corrected chi connectivity index (χ2v) is 9.77. The molecule has 0 radical (unpaired) electrons. The quantitative estimate of drug-likeness (QED) is 0.112. The standard InChI is InChI=1S/C27H52O8/c1-2-3-4-5-6-7-8-9-10-11-12-13-14-15-16-17-18-33-20-22(29)21-34-27-26(32)25(31)24(30)23(19-28)35-27/h17-18,22-32H,2-16,19-21H2,1H3/t22?,23-,24+,25+,26-,27+/m1/s1. The minimum absolute atomic E-state index is 0.0205. The number of ether oxygens (including phenoxy) is 3. The topological polar surface area (TPSA) is 129 Å². The maximum Gasteiger partial charge on any atom is 0.186 e. The summed E-state index contributed by atoms with van der Waals surface area (Å²) in [5.41, 5.74) is 0. The zero-order valence-corrected chi connectivity index (χ0v) is 21.8. The van der Waals surface area contributed by atoms with Gasteiger partial charge in [-0.05, 0) is 18.9 Å². The molecule has 1 unspecified atom stereocenters. The Hall–Kier alpha value is -0.740. The number of allylic oxidation sites excluding steroid dienone is 1. The van der Waals surface area contributed by atoms with Crippen molar-refractivity contribution in [2.45, 2.75) is 140 Å². The second-order valence-electron chi connectivity index (χ2n) is 9.77. The SMILES string of the molecule is CCCCCCCCCCCCCCCCC=COCC(O)CO[C@H]1O[C@H](CO)[C@H](O)[C@H](O)[C@H]1O. The molecule has 0 spiro atoms. The first-order chi connectivity index (χ1) is 17.0. The van der Waals surface area contributed by atoms with Crippen LogP contribution in [0.5, 0.6) is 0 Å². The van der Waals surface area contributed by atoms with Crippen molar-refractivity contribution in [3.05, 3.63) is 12.3 Å². The van der Waals surface area contributed by atoms with Crippen molar-refractivity contribution in [3.63, 3.8) is 0 Å². The average Bonchev–Trinajstić information content (AvgIpc) is 2.86. The van der Waals surface area contributed by atoms with Crippen LogP contribution in [-0.4, -0.2) is 82.2 Å². The summed E-state index contributed by atoms with van der Waals surface area (Å²) in [5.74, 6) is 0. The Morgan fingerprint density at radius 3 is 1.83 bits per heavy atom. The first kappa shape index (κ1) is 32.3. The summed E-state index contributed by atoms with van der Waals surface area (Å²) in [6.07, 6.45) is 15.6. The van der Waals surface area contributed by atoms with E-state index in [1.165, 1.54) is 83.5 Å². The van der Waals surface area contributed by atoms with Gasteiger partial charge in [0.1, 0.15) is 37.1 Å². The van der Waals surface area contributed by atoms with Gasteiger partial charge in [-0.1, -0.05) is 90.4 Å². The van der Waals surface area contributed by atoms with Gasteiger partial charge in [0.2, 0.25) is 0 Å². The first-order valence-electron chi connectivity index (χ1n) is 13.9. The number of hydrogen-bond acceptors (Lipinski definition) is 8. The summed E-state index contributed by atoms with van der Waals surface area (Å²) < 4.78 is 15.8.